The largest absolute Gasteiger partial charge is 0.356 e. The minimum Gasteiger partial charge on any atom is -0.356 e. The zero-order valence-electron chi connectivity index (χ0n) is 13.1. The molecule has 1 fully saturated rings. The van der Waals surface area contributed by atoms with Crippen LogP contribution < -0.4 is 11.1 Å². The summed E-state index contributed by atoms with van der Waals surface area (Å²) in [6.07, 6.45) is 6.43. The Morgan fingerprint density at radius 1 is 1.29 bits per heavy atom. The predicted molar refractivity (Wildman–Crippen MR) is 86.7 cm³/mol. The van der Waals surface area contributed by atoms with Gasteiger partial charge in [-0.15, -0.1) is 0 Å². The van der Waals surface area contributed by atoms with E-state index in [-0.39, 0.29) is 11.9 Å². The first-order valence-electron chi connectivity index (χ1n) is 8.24. The number of rotatable bonds is 6. The van der Waals surface area contributed by atoms with Crippen molar-refractivity contribution in [1.29, 1.82) is 0 Å². The van der Waals surface area contributed by atoms with E-state index in [2.05, 4.69) is 12.2 Å². The van der Waals surface area contributed by atoms with Crippen LogP contribution in [0.15, 0.2) is 30.3 Å². The second kappa shape index (κ2) is 8.18. The number of nitrogens with one attached hydrogen (secondary N) is 1. The quantitative estimate of drug-likeness (QED) is 0.843. The van der Waals surface area contributed by atoms with Crippen LogP contribution in [-0.4, -0.2) is 12.5 Å². The van der Waals surface area contributed by atoms with E-state index in [9.17, 15) is 4.79 Å². The van der Waals surface area contributed by atoms with Crippen molar-refractivity contribution >= 4 is 5.91 Å². The lowest BCUT2D eigenvalue weighted by Gasteiger charge is -2.28. The second-order valence-corrected chi connectivity index (χ2v) is 6.38. The van der Waals surface area contributed by atoms with Gasteiger partial charge in [0.25, 0.3) is 0 Å². The second-order valence-electron chi connectivity index (χ2n) is 6.38. The molecule has 1 saturated carbocycles. The molecule has 1 aromatic carbocycles. The lowest BCUT2D eigenvalue weighted by Crippen LogP contribution is -2.33. The van der Waals surface area contributed by atoms with Gasteiger partial charge in [0.15, 0.2) is 0 Å². The molecule has 0 radical (unpaired) electrons. The molecule has 1 amide bonds. The van der Waals surface area contributed by atoms with Gasteiger partial charge in [-0.3, -0.25) is 4.79 Å². The molecule has 0 heterocycles. The van der Waals surface area contributed by atoms with E-state index in [1.165, 1.54) is 25.7 Å². The number of benzene rings is 1. The third-order valence-corrected chi connectivity index (χ3v) is 4.76. The first-order valence-corrected chi connectivity index (χ1v) is 8.24. The Balaban J connectivity index is 1.67. The van der Waals surface area contributed by atoms with Crippen molar-refractivity contribution < 1.29 is 4.79 Å². The third-order valence-electron chi connectivity index (χ3n) is 4.76. The molecule has 3 unspecified atom stereocenters. The molecule has 0 aromatic heterocycles. The minimum absolute atomic E-state index is 0.0504. The highest BCUT2D eigenvalue weighted by atomic mass is 16.1. The fourth-order valence-electron chi connectivity index (χ4n) is 3.18. The fraction of sp³-hybridized carbons (Fsp3) is 0.611. The number of amides is 1. The van der Waals surface area contributed by atoms with E-state index in [4.69, 9.17) is 5.73 Å². The first kappa shape index (κ1) is 16.0. The summed E-state index contributed by atoms with van der Waals surface area (Å²) in [4.78, 5) is 12.0. The molecule has 21 heavy (non-hydrogen) atoms. The maximum atomic E-state index is 12.0. The molecule has 2 rings (SSSR count). The van der Waals surface area contributed by atoms with Crippen LogP contribution in [0.1, 0.15) is 57.1 Å². The molecule has 0 aliphatic heterocycles. The number of hydrogen-bond acceptors (Lipinski definition) is 2. The summed E-state index contributed by atoms with van der Waals surface area (Å²) in [5.74, 6) is 1.54. The van der Waals surface area contributed by atoms with Crippen LogP contribution in [0.4, 0.5) is 0 Å². The maximum Gasteiger partial charge on any atom is 0.220 e. The molecule has 0 saturated heterocycles. The Morgan fingerprint density at radius 2 is 2.00 bits per heavy atom. The van der Waals surface area contributed by atoms with Crippen LogP contribution in [-0.2, 0) is 4.79 Å². The van der Waals surface area contributed by atoms with Crippen molar-refractivity contribution in [2.24, 2.45) is 17.6 Å². The van der Waals surface area contributed by atoms with E-state index in [0.29, 0.717) is 18.8 Å². The average molecular weight is 288 g/mol. The monoisotopic (exact) mass is 288 g/mol. The van der Waals surface area contributed by atoms with Crippen molar-refractivity contribution in [2.75, 3.05) is 6.54 Å². The topological polar surface area (TPSA) is 55.1 Å². The highest BCUT2D eigenvalue weighted by Gasteiger charge is 2.21. The fourth-order valence-corrected chi connectivity index (χ4v) is 3.18. The molecule has 1 aliphatic rings. The summed E-state index contributed by atoms with van der Waals surface area (Å²) in [7, 11) is 0. The number of nitrogens with two attached hydrogens (primary N) is 1. The molecular formula is C18H28N2O. The molecule has 3 atom stereocenters. The van der Waals surface area contributed by atoms with Crippen molar-refractivity contribution in [2.45, 2.75) is 51.5 Å². The maximum absolute atomic E-state index is 12.0. The van der Waals surface area contributed by atoms with Crippen LogP contribution in [0, 0.1) is 11.8 Å². The summed E-state index contributed by atoms with van der Waals surface area (Å²) in [6.45, 7) is 3.14. The molecule has 116 valence electrons. The molecule has 3 heteroatoms. The van der Waals surface area contributed by atoms with Crippen LogP contribution >= 0.6 is 0 Å². The smallest absolute Gasteiger partial charge is 0.220 e. The van der Waals surface area contributed by atoms with Gasteiger partial charge in [0.05, 0.1) is 0 Å². The normalized spacial score (nSPS) is 23.5. The van der Waals surface area contributed by atoms with Crippen molar-refractivity contribution in [3.05, 3.63) is 35.9 Å². The molecule has 1 aliphatic carbocycles. The highest BCUT2D eigenvalue weighted by molar-refractivity contribution is 5.75. The molecule has 3 N–H and O–H groups in total. The lowest BCUT2D eigenvalue weighted by molar-refractivity contribution is -0.121. The Labute approximate surface area is 128 Å². The molecular weight excluding hydrogens is 260 g/mol. The number of carbonyl (C=O) groups excluding carboxylic acids is 1. The van der Waals surface area contributed by atoms with Gasteiger partial charge in [0, 0.05) is 19.0 Å². The van der Waals surface area contributed by atoms with Crippen molar-refractivity contribution in [3.8, 4) is 0 Å². The molecule has 1 aromatic rings. The van der Waals surface area contributed by atoms with E-state index < -0.39 is 0 Å². The Hall–Kier alpha value is -1.35. The van der Waals surface area contributed by atoms with Crippen LogP contribution in [0.2, 0.25) is 0 Å². The lowest BCUT2D eigenvalue weighted by atomic mass is 9.80. The predicted octanol–water partition coefficient (Wildman–Crippen LogP) is 3.41. The standard InChI is InChI=1S/C18H28N2O/c1-14-7-5-6-10-16(14)13-20-18(21)12-11-17(19)15-8-3-2-4-9-15/h2-4,8-9,14,16-17H,5-7,10-13,19H2,1H3,(H,20,21). The van der Waals surface area contributed by atoms with Gasteiger partial charge in [0.1, 0.15) is 0 Å². The average Bonchev–Trinajstić information content (AvgIpc) is 2.52. The van der Waals surface area contributed by atoms with E-state index >= 15 is 0 Å². The van der Waals surface area contributed by atoms with Crippen LogP contribution in [0.25, 0.3) is 0 Å². The van der Waals surface area contributed by atoms with Crippen molar-refractivity contribution in [1.82, 2.24) is 5.32 Å². The van der Waals surface area contributed by atoms with Gasteiger partial charge < -0.3 is 11.1 Å². The number of hydrogen-bond donors (Lipinski definition) is 2. The van der Waals surface area contributed by atoms with Gasteiger partial charge in [0.2, 0.25) is 5.91 Å². The SMILES string of the molecule is CC1CCCCC1CNC(=O)CCC(N)c1ccccc1. The summed E-state index contributed by atoms with van der Waals surface area (Å²) in [5.41, 5.74) is 7.23. The van der Waals surface area contributed by atoms with E-state index in [1.807, 2.05) is 30.3 Å². The number of carbonyl (C=O) groups is 1. The van der Waals surface area contributed by atoms with Crippen molar-refractivity contribution in [3.63, 3.8) is 0 Å². The van der Waals surface area contributed by atoms with Crippen LogP contribution in [0.3, 0.4) is 0 Å². The van der Waals surface area contributed by atoms with Gasteiger partial charge >= 0.3 is 0 Å². The molecule has 3 nitrogen and oxygen atoms in total. The van der Waals surface area contributed by atoms with Gasteiger partial charge in [-0.1, -0.05) is 56.5 Å². The first-order chi connectivity index (χ1) is 10.2. The highest BCUT2D eigenvalue weighted by Crippen LogP contribution is 2.28. The Kier molecular flexibility index (Phi) is 6.24. The zero-order chi connectivity index (χ0) is 15.1. The zero-order valence-corrected chi connectivity index (χ0v) is 13.1. The van der Waals surface area contributed by atoms with Crippen LogP contribution in [0.5, 0.6) is 0 Å². The summed E-state index contributed by atoms with van der Waals surface area (Å²) in [5, 5.41) is 3.10. The van der Waals surface area contributed by atoms with Gasteiger partial charge in [-0.2, -0.15) is 0 Å². The Morgan fingerprint density at radius 3 is 2.71 bits per heavy atom. The van der Waals surface area contributed by atoms with Gasteiger partial charge in [-0.05, 0) is 30.2 Å². The Bertz CT molecular complexity index is 432. The third kappa shape index (κ3) is 5.16. The minimum atomic E-state index is -0.0504. The summed E-state index contributed by atoms with van der Waals surface area (Å²) >= 11 is 0. The summed E-state index contributed by atoms with van der Waals surface area (Å²) < 4.78 is 0. The summed E-state index contributed by atoms with van der Waals surface area (Å²) in [6, 6.07) is 9.94. The van der Waals surface area contributed by atoms with E-state index in [1.54, 1.807) is 0 Å². The molecule has 0 spiro atoms. The molecule has 0 bridgehead atoms. The van der Waals surface area contributed by atoms with E-state index in [0.717, 1.165) is 18.0 Å². The van der Waals surface area contributed by atoms with Gasteiger partial charge in [-0.25, -0.2) is 0 Å².